The summed E-state index contributed by atoms with van der Waals surface area (Å²) < 4.78 is 32.5. The minimum Gasteiger partial charge on any atom is -0.468 e. The number of hydrogen-bond donors (Lipinski definition) is 3. The Morgan fingerprint density at radius 3 is 2.50 bits per heavy atom. The summed E-state index contributed by atoms with van der Waals surface area (Å²) in [6, 6.07) is 0.365. The minimum absolute atomic E-state index is 0.0810. The number of hydrogen-bond acceptors (Lipinski definition) is 6. The highest BCUT2D eigenvalue weighted by Gasteiger charge is 2.44. The van der Waals surface area contributed by atoms with Crippen molar-refractivity contribution >= 4 is 29.5 Å². The first-order chi connectivity index (χ1) is 18.7. The lowest BCUT2D eigenvalue weighted by atomic mass is 9.97. The predicted octanol–water partition coefficient (Wildman–Crippen LogP) is 1.84. The monoisotopic (exact) mass is 568 g/mol. The smallest absolute Gasteiger partial charge is 0.267 e. The van der Waals surface area contributed by atoms with Crippen molar-refractivity contribution < 1.29 is 32.4 Å². The van der Waals surface area contributed by atoms with Gasteiger partial charge in [-0.05, 0) is 25.8 Å². The van der Waals surface area contributed by atoms with Crippen molar-refractivity contribution in [2.24, 2.45) is 16.6 Å². The minimum atomic E-state index is -2.88. The average molecular weight is 569 g/mol. The Hall–Kier alpha value is -3.51. The second-order valence-electron chi connectivity index (χ2n) is 10.8. The highest BCUT2D eigenvalue weighted by Crippen LogP contribution is 2.32. The van der Waals surface area contributed by atoms with Crippen LogP contribution < -0.4 is 16.4 Å². The molecule has 2 rings (SSSR count). The molecule has 1 aromatic rings. The van der Waals surface area contributed by atoms with Gasteiger partial charge < -0.3 is 30.6 Å². The third-order valence-electron chi connectivity index (χ3n) is 6.58. The Bertz CT molecular complexity index is 1070. The van der Waals surface area contributed by atoms with Crippen LogP contribution in [0.3, 0.4) is 0 Å². The van der Waals surface area contributed by atoms with Crippen LogP contribution in [0.5, 0.6) is 0 Å². The zero-order valence-corrected chi connectivity index (χ0v) is 24.0. The van der Waals surface area contributed by atoms with Gasteiger partial charge in [-0.15, -0.1) is 0 Å². The van der Waals surface area contributed by atoms with Crippen LogP contribution in [0.4, 0.5) is 8.78 Å². The van der Waals surface area contributed by atoms with Gasteiger partial charge in [0.15, 0.2) is 11.7 Å². The van der Waals surface area contributed by atoms with Crippen LogP contribution in [0.25, 0.3) is 0 Å². The molecule has 0 aromatic carbocycles. The quantitative estimate of drug-likeness (QED) is 0.176. The number of Topliss-reactive ketones (excluding diaryl/α,β-unsaturated/α-hetero) is 1. The van der Waals surface area contributed by atoms with E-state index in [1.165, 1.54) is 6.26 Å². The topological polar surface area (TPSA) is 150 Å². The molecule has 2 atom stereocenters. The number of guanidine groups is 1. The van der Waals surface area contributed by atoms with Crippen molar-refractivity contribution in [3.8, 4) is 0 Å². The third-order valence-corrected chi connectivity index (χ3v) is 6.58. The van der Waals surface area contributed by atoms with Gasteiger partial charge in [-0.3, -0.25) is 24.2 Å². The molecule has 13 heteroatoms. The van der Waals surface area contributed by atoms with E-state index in [2.05, 4.69) is 15.6 Å². The Morgan fingerprint density at radius 1 is 1.23 bits per heavy atom. The zero-order valence-electron chi connectivity index (χ0n) is 24.0. The maximum Gasteiger partial charge on any atom is 0.267 e. The summed E-state index contributed by atoms with van der Waals surface area (Å²) in [7, 11) is 3.55. The number of amides is 3. The van der Waals surface area contributed by atoms with Crippen molar-refractivity contribution in [3.63, 3.8) is 0 Å². The van der Waals surface area contributed by atoms with Crippen LogP contribution in [0, 0.1) is 5.92 Å². The summed E-state index contributed by atoms with van der Waals surface area (Å²) in [4.78, 5) is 56.8. The van der Waals surface area contributed by atoms with Crippen LogP contribution in [0.1, 0.15) is 64.2 Å². The van der Waals surface area contributed by atoms with Crippen molar-refractivity contribution in [2.75, 3.05) is 27.2 Å². The van der Waals surface area contributed by atoms with Crippen molar-refractivity contribution in [3.05, 3.63) is 23.7 Å². The summed E-state index contributed by atoms with van der Waals surface area (Å²) in [5.41, 5.74) is 6.36. The van der Waals surface area contributed by atoms with Crippen LogP contribution >= 0.6 is 0 Å². The number of furan rings is 1. The second kappa shape index (κ2) is 14.8. The number of aliphatic imine (C=N–C) groups is 1. The Balaban J connectivity index is 1.76. The van der Waals surface area contributed by atoms with Gasteiger partial charge in [0.1, 0.15) is 5.76 Å². The number of nitrogens with zero attached hydrogens (tertiary/aromatic N) is 3. The molecule has 224 valence electrons. The molecule has 1 fully saturated rings. The molecule has 4 N–H and O–H groups in total. The van der Waals surface area contributed by atoms with E-state index in [-0.39, 0.29) is 49.8 Å². The largest absolute Gasteiger partial charge is 0.468 e. The maximum absolute atomic E-state index is 13.6. The van der Waals surface area contributed by atoms with E-state index in [1.807, 2.05) is 0 Å². The highest BCUT2D eigenvalue weighted by molar-refractivity contribution is 5.91. The summed E-state index contributed by atoms with van der Waals surface area (Å²) in [5, 5.41) is 5.41. The number of carbonyl (C=O) groups is 4. The Kier molecular flexibility index (Phi) is 12.1. The first-order valence-electron chi connectivity index (χ1n) is 13.5. The molecule has 3 amide bonds. The van der Waals surface area contributed by atoms with Crippen molar-refractivity contribution in [1.82, 2.24) is 20.4 Å². The normalized spacial score (nSPS) is 17.6. The molecule has 0 bridgehead atoms. The molecular weight excluding hydrogens is 526 g/mol. The molecule has 0 spiro atoms. The molecule has 1 aromatic heterocycles. The third kappa shape index (κ3) is 10.6. The van der Waals surface area contributed by atoms with E-state index < -0.39 is 36.4 Å². The number of halogens is 2. The van der Waals surface area contributed by atoms with Gasteiger partial charge >= 0.3 is 0 Å². The van der Waals surface area contributed by atoms with Crippen LogP contribution in [-0.2, 0) is 32.1 Å². The zero-order chi connectivity index (χ0) is 30.0. The number of nitrogens with one attached hydrogen (secondary N) is 2. The number of alkyl halides is 2. The lowest BCUT2D eigenvalue weighted by Gasteiger charge is -2.20. The van der Waals surface area contributed by atoms with Gasteiger partial charge in [0.25, 0.3) is 5.92 Å². The summed E-state index contributed by atoms with van der Waals surface area (Å²) in [6.45, 7) is 5.04. The van der Waals surface area contributed by atoms with Crippen LogP contribution in [0.15, 0.2) is 21.7 Å². The number of rotatable bonds is 14. The van der Waals surface area contributed by atoms with Crippen LogP contribution in [-0.4, -0.2) is 84.5 Å². The fraction of sp³-hybridized carbons (Fsp3) is 0.667. The van der Waals surface area contributed by atoms with Crippen molar-refractivity contribution in [1.29, 1.82) is 0 Å². The highest BCUT2D eigenvalue weighted by atomic mass is 19.3. The van der Waals surface area contributed by atoms with E-state index in [0.29, 0.717) is 36.7 Å². The maximum atomic E-state index is 13.6. The lowest BCUT2D eigenvalue weighted by molar-refractivity contribution is -0.132. The van der Waals surface area contributed by atoms with E-state index in [4.69, 9.17) is 10.2 Å². The number of ketones is 1. The van der Waals surface area contributed by atoms with Crippen LogP contribution in [0.2, 0.25) is 0 Å². The van der Waals surface area contributed by atoms with E-state index in [1.54, 1.807) is 45.8 Å². The molecular formula is C27H42F2N6O5. The summed E-state index contributed by atoms with van der Waals surface area (Å²) >= 11 is 0. The molecule has 0 saturated carbocycles. The van der Waals surface area contributed by atoms with Crippen molar-refractivity contribution in [2.45, 2.75) is 83.8 Å². The number of likely N-dealkylation sites (tertiary alicyclic amines) is 1. The molecule has 0 unspecified atom stereocenters. The molecule has 1 aliphatic heterocycles. The first-order valence-corrected chi connectivity index (χ1v) is 13.5. The van der Waals surface area contributed by atoms with E-state index in [0.717, 1.165) is 4.90 Å². The van der Waals surface area contributed by atoms with Gasteiger partial charge in [-0.1, -0.05) is 13.8 Å². The molecule has 1 saturated heterocycles. The molecule has 2 heterocycles. The predicted molar refractivity (Wildman–Crippen MR) is 145 cm³/mol. The number of nitrogens with two attached hydrogens (primary N) is 1. The van der Waals surface area contributed by atoms with Gasteiger partial charge in [0, 0.05) is 64.0 Å². The SMILES string of the molecule is CC(C)C(=O)[C@H](CCCN=C(N)N(C)C)NC(=O)CCC(=O)NCc1coc(CC(=O)N2CC(F)(F)C[C@H]2C)c1. The molecule has 1 aliphatic rings. The van der Waals surface area contributed by atoms with Gasteiger partial charge in [-0.2, -0.15) is 0 Å². The number of carbonyl (C=O) groups excluding carboxylic acids is 4. The lowest BCUT2D eigenvalue weighted by Crippen LogP contribution is -2.43. The molecule has 11 nitrogen and oxygen atoms in total. The van der Waals surface area contributed by atoms with E-state index >= 15 is 0 Å². The summed E-state index contributed by atoms with van der Waals surface area (Å²) in [6.07, 6.45) is 1.66. The molecule has 0 aliphatic carbocycles. The average Bonchev–Trinajstić information content (AvgIpc) is 3.44. The Labute approximate surface area is 233 Å². The standard InChI is InChI=1S/C27H42F2N6O5/c1-17(2)25(39)21(7-6-10-31-26(30)34(4)5)33-23(37)9-8-22(36)32-14-19-11-20(40-15-19)12-24(38)35-16-27(28,29)13-18(35)3/h11,15,17-18,21H,6-10,12-14,16H2,1-5H3,(H2,30,31)(H,32,36)(H,33,37)/t18-,21+/m1/s1. The Morgan fingerprint density at radius 2 is 1.90 bits per heavy atom. The van der Waals surface area contributed by atoms with Gasteiger partial charge in [-0.25, -0.2) is 8.78 Å². The fourth-order valence-corrected chi connectivity index (χ4v) is 4.31. The van der Waals surface area contributed by atoms with E-state index in [9.17, 15) is 28.0 Å². The summed E-state index contributed by atoms with van der Waals surface area (Å²) in [5.74, 6) is -3.77. The first kappa shape index (κ1) is 32.7. The molecule has 0 radical (unpaired) electrons. The molecule has 40 heavy (non-hydrogen) atoms. The van der Waals surface area contributed by atoms with Gasteiger partial charge in [0.2, 0.25) is 17.7 Å². The second-order valence-corrected chi connectivity index (χ2v) is 10.8. The van der Waals surface area contributed by atoms with Gasteiger partial charge in [0.05, 0.1) is 25.3 Å². The fourth-order valence-electron chi connectivity index (χ4n) is 4.31.